The molecule has 1 N–H and O–H groups in total. The zero-order chi connectivity index (χ0) is 16.2. The molecule has 1 unspecified atom stereocenters. The first-order chi connectivity index (χ1) is 10.4. The molecule has 5 heteroatoms. The van der Waals surface area contributed by atoms with Crippen molar-refractivity contribution in [3.05, 3.63) is 29.8 Å². The van der Waals surface area contributed by atoms with Gasteiger partial charge in [0.05, 0.1) is 19.8 Å². The van der Waals surface area contributed by atoms with E-state index in [4.69, 9.17) is 9.47 Å². The number of morpholine rings is 1. The molecule has 0 spiro atoms. The third-order valence-electron chi connectivity index (χ3n) is 4.05. The summed E-state index contributed by atoms with van der Waals surface area (Å²) in [6.07, 6.45) is 0.0988. The Hall–Kier alpha value is -1.75. The lowest BCUT2D eigenvalue weighted by Crippen LogP contribution is -2.50. The van der Waals surface area contributed by atoms with Crippen LogP contribution in [-0.2, 0) is 10.2 Å². The zero-order valence-corrected chi connectivity index (χ0v) is 13.9. The molecular formula is C17H26N2O3. The van der Waals surface area contributed by atoms with Gasteiger partial charge in [-0.15, -0.1) is 0 Å². The Labute approximate surface area is 132 Å². The lowest BCUT2D eigenvalue weighted by atomic mass is 9.84. The second-order valence-corrected chi connectivity index (χ2v) is 6.37. The summed E-state index contributed by atoms with van der Waals surface area (Å²) in [7, 11) is 1.67. The second-order valence-electron chi connectivity index (χ2n) is 6.37. The third-order valence-corrected chi connectivity index (χ3v) is 4.05. The average Bonchev–Trinajstić information content (AvgIpc) is 2.52. The fourth-order valence-corrected chi connectivity index (χ4v) is 2.71. The van der Waals surface area contributed by atoms with Gasteiger partial charge in [0, 0.05) is 30.6 Å². The van der Waals surface area contributed by atoms with Crippen LogP contribution in [0.5, 0.6) is 5.75 Å². The number of para-hydroxylation sites is 1. The van der Waals surface area contributed by atoms with Gasteiger partial charge in [-0.3, -0.25) is 0 Å². The van der Waals surface area contributed by atoms with Crippen LogP contribution in [0.3, 0.4) is 0 Å². The van der Waals surface area contributed by atoms with Crippen LogP contribution in [0.2, 0.25) is 0 Å². The van der Waals surface area contributed by atoms with E-state index in [2.05, 4.69) is 19.2 Å². The maximum Gasteiger partial charge on any atom is 0.317 e. The highest BCUT2D eigenvalue weighted by Gasteiger charge is 2.27. The minimum absolute atomic E-state index is 0.0295. The van der Waals surface area contributed by atoms with E-state index in [-0.39, 0.29) is 17.6 Å². The van der Waals surface area contributed by atoms with Gasteiger partial charge in [0.1, 0.15) is 5.75 Å². The Morgan fingerprint density at radius 1 is 1.45 bits per heavy atom. The zero-order valence-electron chi connectivity index (χ0n) is 13.9. The lowest BCUT2D eigenvalue weighted by molar-refractivity contribution is -0.00359. The van der Waals surface area contributed by atoms with E-state index in [9.17, 15) is 4.79 Å². The van der Waals surface area contributed by atoms with Crippen molar-refractivity contribution in [2.75, 3.05) is 33.4 Å². The molecule has 2 rings (SSSR count). The van der Waals surface area contributed by atoms with Crippen LogP contribution in [0.1, 0.15) is 26.3 Å². The molecule has 1 saturated heterocycles. The number of hydrogen-bond donors (Lipinski definition) is 1. The Morgan fingerprint density at radius 2 is 2.18 bits per heavy atom. The van der Waals surface area contributed by atoms with Gasteiger partial charge in [-0.1, -0.05) is 32.0 Å². The largest absolute Gasteiger partial charge is 0.496 e. The van der Waals surface area contributed by atoms with Crippen LogP contribution in [0.4, 0.5) is 4.79 Å². The maximum atomic E-state index is 12.3. The number of nitrogens with one attached hydrogen (secondary N) is 1. The lowest BCUT2D eigenvalue weighted by Gasteiger charge is -2.33. The van der Waals surface area contributed by atoms with E-state index < -0.39 is 0 Å². The number of nitrogens with zero attached hydrogens (tertiary/aromatic N) is 1. The second kappa shape index (κ2) is 7.01. The van der Waals surface area contributed by atoms with Gasteiger partial charge in [-0.25, -0.2) is 4.79 Å². The molecule has 1 aliphatic heterocycles. The molecule has 1 fully saturated rings. The van der Waals surface area contributed by atoms with Gasteiger partial charge < -0.3 is 19.7 Å². The molecule has 1 aromatic rings. The molecule has 1 heterocycles. The molecule has 0 aliphatic carbocycles. The number of rotatable bonds is 4. The maximum absolute atomic E-state index is 12.3. The highest BCUT2D eigenvalue weighted by Crippen LogP contribution is 2.30. The number of ether oxygens (including phenoxy) is 2. The summed E-state index contributed by atoms with van der Waals surface area (Å²) in [5, 5.41) is 3.04. The van der Waals surface area contributed by atoms with E-state index in [1.807, 2.05) is 36.1 Å². The summed E-state index contributed by atoms with van der Waals surface area (Å²) < 4.78 is 10.9. The third kappa shape index (κ3) is 3.91. The number of carbonyl (C=O) groups excluding carboxylic acids is 1. The van der Waals surface area contributed by atoms with E-state index in [1.54, 1.807) is 7.11 Å². The fraction of sp³-hybridized carbons (Fsp3) is 0.588. The van der Waals surface area contributed by atoms with Crippen molar-refractivity contribution in [2.45, 2.75) is 32.3 Å². The summed E-state index contributed by atoms with van der Waals surface area (Å²) in [5.74, 6) is 0.849. The Balaban J connectivity index is 1.98. The van der Waals surface area contributed by atoms with E-state index >= 15 is 0 Å². The number of amides is 2. The van der Waals surface area contributed by atoms with Crippen LogP contribution in [0, 0.1) is 0 Å². The fourth-order valence-electron chi connectivity index (χ4n) is 2.71. The highest BCUT2D eigenvalue weighted by atomic mass is 16.5. The molecule has 1 atom stereocenters. The SMILES string of the molecule is COc1ccccc1C(C)(C)CNC(=O)N1CCOC(C)C1. The smallest absolute Gasteiger partial charge is 0.317 e. The summed E-state index contributed by atoms with van der Waals surface area (Å²) in [6.45, 7) is 8.63. The standard InChI is InChI=1S/C17H26N2O3/c1-13-11-19(9-10-22-13)16(20)18-12-17(2,3)14-7-5-6-8-15(14)21-4/h5-8,13H,9-12H2,1-4H3,(H,18,20). The highest BCUT2D eigenvalue weighted by molar-refractivity contribution is 5.74. The Morgan fingerprint density at radius 3 is 2.86 bits per heavy atom. The quantitative estimate of drug-likeness (QED) is 0.929. The number of benzene rings is 1. The van der Waals surface area contributed by atoms with Crippen molar-refractivity contribution in [3.8, 4) is 5.75 Å². The molecule has 2 amide bonds. The molecular weight excluding hydrogens is 280 g/mol. The van der Waals surface area contributed by atoms with Gasteiger partial charge >= 0.3 is 6.03 Å². The number of hydrogen-bond acceptors (Lipinski definition) is 3. The number of urea groups is 1. The predicted octanol–water partition coefficient (Wildman–Crippen LogP) is 2.40. The first-order valence-corrected chi connectivity index (χ1v) is 7.72. The first-order valence-electron chi connectivity index (χ1n) is 7.72. The summed E-state index contributed by atoms with van der Waals surface area (Å²) in [6, 6.07) is 7.90. The minimum Gasteiger partial charge on any atom is -0.496 e. The van der Waals surface area contributed by atoms with Crippen molar-refractivity contribution < 1.29 is 14.3 Å². The molecule has 122 valence electrons. The Kier molecular flexibility index (Phi) is 5.29. The predicted molar refractivity (Wildman–Crippen MR) is 86.4 cm³/mol. The summed E-state index contributed by atoms with van der Waals surface area (Å²) in [5.41, 5.74) is 0.883. The van der Waals surface area contributed by atoms with Crippen LogP contribution < -0.4 is 10.1 Å². The number of carbonyl (C=O) groups is 1. The average molecular weight is 306 g/mol. The van der Waals surface area contributed by atoms with Crippen molar-refractivity contribution in [1.29, 1.82) is 0 Å². The molecule has 5 nitrogen and oxygen atoms in total. The van der Waals surface area contributed by atoms with E-state index in [1.165, 1.54) is 0 Å². The van der Waals surface area contributed by atoms with Crippen molar-refractivity contribution >= 4 is 6.03 Å². The van der Waals surface area contributed by atoms with E-state index in [0.29, 0.717) is 26.2 Å². The molecule has 0 aromatic heterocycles. The van der Waals surface area contributed by atoms with Crippen LogP contribution in [0.15, 0.2) is 24.3 Å². The van der Waals surface area contributed by atoms with Crippen molar-refractivity contribution in [2.24, 2.45) is 0 Å². The monoisotopic (exact) mass is 306 g/mol. The van der Waals surface area contributed by atoms with Gasteiger partial charge in [0.15, 0.2) is 0 Å². The molecule has 22 heavy (non-hydrogen) atoms. The van der Waals surface area contributed by atoms with Gasteiger partial charge in [0.25, 0.3) is 0 Å². The molecule has 0 radical (unpaired) electrons. The topological polar surface area (TPSA) is 50.8 Å². The summed E-state index contributed by atoms with van der Waals surface area (Å²) in [4.78, 5) is 14.1. The van der Waals surface area contributed by atoms with Crippen LogP contribution in [0.25, 0.3) is 0 Å². The van der Waals surface area contributed by atoms with Gasteiger partial charge in [-0.2, -0.15) is 0 Å². The van der Waals surface area contributed by atoms with Gasteiger partial charge in [-0.05, 0) is 13.0 Å². The van der Waals surface area contributed by atoms with Crippen molar-refractivity contribution in [1.82, 2.24) is 10.2 Å². The molecule has 1 aromatic carbocycles. The molecule has 0 saturated carbocycles. The van der Waals surface area contributed by atoms with Gasteiger partial charge in [0.2, 0.25) is 0 Å². The summed E-state index contributed by atoms with van der Waals surface area (Å²) >= 11 is 0. The normalized spacial score (nSPS) is 18.9. The van der Waals surface area contributed by atoms with Crippen LogP contribution in [-0.4, -0.2) is 50.4 Å². The number of methoxy groups -OCH3 is 1. The first kappa shape index (κ1) is 16.6. The van der Waals surface area contributed by atoms with E-state index in [0.717, 1.165) is 11.3 Å². The minimum atomic E-state index is -0.208. The Bertz CT molecular complexity index is 516. The molecule has 0 bridgehead atoms. The van der Waals surface area contributed by atoms with Crippen molar-refractivity contribution in [3.63, 3.8) is 0 Å². The van der Waals surface area contributed by atoms with Crippen LogP contribution >= 0.6 is 0 Å². The molecule has 1 aliphatic rings.